The van der Waals surface area contributed by atoms with Crippen LogP contribution < -0.4 is 10.5 Å². The van der Waals surface area contributed by atoms with Crippen LogP contribution in [0.15, 0.2) is 55.0 Å². The Balaban J connectivity index is 0.000000318. The van der Waals surface area contributed by atoms with Crippen LogP contribution in [0, 0.1) is 11.3 Å². The van der Waals surface area contributed by atoms with Crippen LogP contribution in [0.1, 0.15) is 42.8 Å². The first-order chi connectivity index (χ1) is 16.1. The quantitative estimate of drug-likeness (QED) is 0.412. The van der Waals surface area contributed by atoms with E-state index in [2.05, 4.69) is 39.2 Å². The highest BCUT2D eigenvalue weighted by Crippen LogP contribution is 2.38. The number of nitriles is 1. The van der Waals surface area contributed by atoms with Gasteiger partial charge in [0.15, 0.2) is 0 Å². The molecule has 33 heavy (non-hydrogen) atoms. The maximum absolute atomic E-state index is 9.44. The van der Waals surface area contributed by atoms with E-state index in [0.717, 1.165) is 22.8 Å². The van der Waals surface area contributed by atoms with Crippen molar-refractivity contribution >= 4 is 11.3 Å². The topological polar surface area (TPSA) is 101 Å². The molecule has 0 saturated heterocycles. The first kappa shape index (κ1) is 22.7. The van der Waals surface area contributed by atoms with Crippen molar-refractivity contribution < 1.29 is 4.74 Å². The molecule has 0 atom stereocenters. The number of aryl methyl sites for hydroxylation is 1. The summed E-state index contributed by atoms with van der Waals surface area (Å²) in [6.07, 6.45) is 9.00. The largest absolute Gasteiger partial charge is 0.490 e. The van der Waals surface area contributed by atoms with E-state index in [1.807, 2.05) is 38.2 Å². The third kappa shape index (κ3) is 5.30. The average Bonchev–Trinajstić information content (AvgIpc) is 3.60. The average molecular weight is 458 g/mol. The SMILES string of the molecule is CC(C)Oc1ccc(-c2ncc(-c3cccc4c3CCC4)s2)cc1C#N.NCc1ncc[nH]1. The van der Waals surface area contributed by atoms with Crippen LogP contribution >= 0.6 is 11.3 Å². The Morgan fingerprint density at radius 1 is 1.21 bits per heavy atom. The Kier molecular flexibility index (Phi) is 7.18. The Morgan fingerprint density at radius 2 is 2.09 bits per heavy atom. The molecule has 0 spiro atoms. The molecule has 0 saturated carbocycles. The summed E-state index contributed by atoms with van der Waals surface area (Å²) in [5.74, 6) is 1.46. The highest BCUT2D eigenvalue weighted by atomic mass is 32.1. The Bertz CT molecular complexity index is 1250. The highest BCUT2D eigenvalue weighted by Gasteiger charge is 2.17. The van der Waals surface area contributed by atoms with E-state index in [4.69, 9.17) is 10.5 Å². The van der Waals surface area contributed by atoms with Gasteiger partial charge >= 0.3 is 0 Å². The number of nitrogens with two attached hydrogens (primary N) is 1. The smallest absolute Gasteiger partial charge is 0.137 e. The lowest BCUT2D eigenvalue weighted by atomic mass is 10.0. The van der Waals surface area contributed by atoms with Gasteiger partial charge in [0, 0.05) is 24.2 Å². The summed E-state index contributed by atoms with van der Waals surface area (Å²) in [7, 11) is 0. The van der Waals surface area contributed by atoms with E-state index in [1.54, 1.807) is 23.7 Å². The normalized spacial score (nSPS) is 12.1. The van der Waals surface area contributed by atoms with Crippen LogP contribution in [0.5, 0.6) is 5.75 Å². The number of hydrogen-bond donors (Lipinski definition) is 2. The zero-order valence-electron chi connectivity index (χ0n) is 18.8. The van der Waals surface area contributed by atoms with Crippen LogP contribution in [-0.4, -0.2) is 21.1 Å². The van der Waals surface area contributed by atoms with Gasteiger partial charge in [0.05, 0.1) is 23.1 Å². The molecule has 4 aromatic rings. The van der Waals surface area contributed by atoms with Crippen LogP contribution in [0.4, 0.5) is 0 Å². The number of fused-ring (bicyclic) bond motifs is 1. The van der Waals surface area contributed by atoms with E-state index in [9.17, 15) is 5.26 Å². The van der Waals surface area contributed by atoms with Crippen LogP contribution in [0.3, 0.4) is 0 Å². The number of nitrogens with zero attached hydrogens (tertiary/aromatic N) is 3. The number of benzene rings is 2. The molecule has 3 N–H and O–H groups in total. The van der Waals surface area contributed by atoms with Gasteiger partial charge in [0.2, 0.25) is 0 Å². The van der Waals surface area contributed by atoms with Crippen LogP contribution in [0.25, 0.3) is 21.0 Å². The second kappa shape index (κ2) is 10.4. The molecule has 6 nitrogen and oxygen atoms in total. The lowest BCUT2D eigenvalue weighted by Crippen LogP contribution is -2.06. The number of thiazole rings is 1. The lowest BCUT2D eigenvalue weighted by Gasteiger charge is -2.11. The van der Waals surface area contributed by atoms with Crippen molar-refractivity contribution in [2.75, 3.05) is 0 Å². The van der Waals surface area contributed by atoms with E-state index >= 15 is 0 Å². The van der Waals surface area contributed by atoms with Crippen molar-refractivity contribution in [3.05, 3.63) is 77.5 Å². The molecular weight excluding hydrogens is 430 g/mol. The molecule has 0 fully saturated rings. The third-order valence-electron chi connectivity index (χ3n) is 5.37. The van der Waals surface area contributed by atoms with Crippen molar-refractivity contribution in [3.8, 4) is 32.8 Å². The minimum Gasteiger partial charge on any atom is -0.490 e. The van der Waals surface area contributed by atoms with Crippen molar-refractivity contribution in [1.82, 2.24) is 15.0 Å². The number of hydrogen-bond acceptors (Lipinski definition) is 6. The summed E-state index contributed by atoms with van der Waals surface area (Å²) >= 11 is 1.68. The molecule has 2 aromatic heterocycles. The predicted octanol–water partition coefficient (Wildman–Crippen LogP) is 5.49. The fourth-order valence-electron chi connectivity index (χ4n) is 3.90. The molecule has 5 rings (SSSR count). The van der Waals surface area contributed by atoms with Crippen molar-refractivity contribution in [2.24, 2.45) is 5.73 Å². The third-order valence-corrected chi connectivity index (χ3v) is 6.45. The number of aromatic amines is 1. The highest BCUT2D eigenvalue weighted by molar-refractivity contribution is 7.18. The van der Waals surface area contributed by atoms with Gasteiger partial charge in [-0.25, -0.2) is 9.97 Å². The second-order valence-electron chi connectivity index (χ2n) is 8.06. The number of imidazole rings is 1. The summed E-state index contributed by atoms with van der Waals surface area (Å²) in [5.41, 5.74) is 11.0. The van der Waals surface area contributed by atoms with E-state index in [-0.39, 0.29) is 6.10 Å². The number of H-pyrrole nitrogens is 1. The van der Waals surface area contributed by atoms with Gasteiger partial charge in [-0.1, -0.05) is 18.2 Å². The van der Waals surface area contributed by atoms with Crippen LogP contribution in [-0.2, 0) is 19.4 Å². The molecular formula is C26H27N5OS. The summed E-state index contributed by atoms with van der Waals surface area (Å²) in [6.45, 7) is 4.41. The van der Waals surface area contributed by atoms with Gasteiger partial charge < -0.3 is 15.5 Å². The molecule has 168 valence electrons. The number of ether oxygens (including phenoxy) is 1. The Morgan fingerprint density at radius 3 is 2.79 bits per heavy atom. The maximum atomic E-state index is 9.44. The van der Waals surface area contributed by atoms with Crippen molar-refractivity contribution in [1.29, 1.82) is 5.26 Å². The van der Waals surface area contributed by atoms with Gasteiger partial charge in [-0.2, -0.15) is 5.26 Å². The monoisotopic (exact) mass is 457 g/mol. The Hall–Kier alpha value is -3.47. The first-order valence-corrected chi connectivity index (χ1v) is 11.9. The maximum Gasteiger partial charge on any atom is 0.137 e. The molecule has 1 aliphatic rings. The lowest BCUT2D eigenvalue weighted by molar-refractivity contribution is 0.242. The van der Waals surface area contributed by atoms with E-state index in [1.165, 1.54) is 34.4 Å². The van der Waals surface area contributed by atoms with Gasteiger partial charge in [0.25, 0.3) is 0 Å². The molecule has 2 aromatic carbocycles. The fourth-order valence-corrected chi connectivity index (χ4v) is 4.86. The summed E-state index contributed by atoms with van der Waals surface area (Å²) in [6, 6.07) is 14.5. The van der Waals surface area contributed by atoms with Crippen LogP contribution in [0.2, 0.25) is 0 Å². The van der Waals surface area contributed by atoms with Gasteiger partial charge in [-0.3, -0.25) is 0 Å². The minimum atomic E-state index is 0.0413. The van der Waals surface area contributed by atoms with Gasteiger partial charge in [-0.05, 0) is 68.0 Å². The van der Waals surface area contributed by atoms with E-state index < -0.39 is 0 Å². The standard InChI is InChI=1S/C22H20N2OS.C4H7N3/c1-14(2)25-20-10-9-16(11-17(20)12-23)22-24-13-21(26-22)19-8-4-6-15-5-3-7-18(15)19;5-3-4-6-1-2-7-4/h4,6,8-11,13-14H,3,5,7H2,1-2H3;1-2H,3,5H2,(H,6,7). The number of aromatic nitrogens is 3. The zero-order valence-corrected chi connectivity index (χ0v) is 19.7. The molecule has 1 aliphatic carbocycles. The zero-order chi connectivity index (χ0) is 23.2. The molecule has 0 aliphatic heterocycles. The first-order valence-electron chi connectivity index (χ1n) is 11.1. The number of nitrogens with one attached hydrogen (secondary N) is 1. The summed E-state index contributed by atoms with van der Waals surface area (Å²) in [4.78, 5) is 12.5. The molecule has 0 unspecified atom stereocenters. The molecule has 7 heteroatoms. The summed E-state index contributed by atoms with van der Waals surface area (Å²) < 4.78 is 5.71. The molecule has 0 radical (unpaired) electrons. The fraction of sp³-hybridized carbons (Fsp3) is 0.269. The Labute approximate surface area is 198 Å². The number of rotatable bonds is 5. The van der Waals surface area contributed by atoms with Crippen molar-refractivity contribution in [3.63, 3.8) is 0 Å². The van der Waals surface area contributed by atoms with E-state index in [0.29, 0.717) is 17.9 Å². The van der Waals surface area contributed by atoms with Gasteiger partial charge in [-0.15, -0.1) is 11.3 Å². The minimum absolute atomic E-state index is 0.0413. The molecule has 2 heterocycles. The predicted molar refractivity (Wildman–Crippen MR) is 132 cm³/mol. The van der Waals surface area contributed by atoms with Gasteiger partial charge in [0.1, 0.15) is 22.7 Å². The van der Waals surface area contributed by atoms with Crippen molar-refractivity contribution in [2.45, 2.75) is 45.8 Å². The second-order valence-corrected chi connectivity index (χ2v) is 9.09. The molecule has 0 amide bonds. The summed E-state index contributed by atoms with van der Waals surface area (Å²) in [5, 5.41) is 10.4. The molecule has 0 bridgehead atoms.